The van der Waals surface area contributed by atoms with Crippen molar-refractivity contribution in [2.45, 2.75) is 24.8 Å². The molecule has 1 unspecified atom stereocenters. The molecule has 0 radical (unpaired) electrons. The van der Waals surface area contributed by atoms with Gasteiger partial charge >= 0.3 is 0 Å². The lowest BCUT2D eigenvalue weighted by atomic mass is 10.1. The van der Waals surface area contributed by atoms with E-state index in [0.29, 0.717) is 0 Å². The van der Waals surface area contributed by atoms with Crippen LogP contribution in [0.5, 0.6) is 0 Å². The molecule has 0 bridgehead atoms. The molecule has 1 aromatic rings. The van der Waals surface area contributed by atoms with Gasteiger partial charge in [0.2, 0.25) is 10.0 Å². The van der Waals surface area contributed by atoms with Crippen LogP contribution in [0, 0.1) is 11.7 Å². The Kier molecular flexibility index (Phi) is 4.91. The van der Waals surface area contributed by atoms with Gasteiger partial charge in [0.1, 0.15) is 5.82 Å². The van der Waals surface area contributed by atoms with Crippen LogP contribution < -0.4 is 4.72 Å². The van der Waals surface area contributed by atoms with Gasteiger partial charge in [0.25, 0.3) is 0 Å². The maximum absolute atomic E-state index is 12.7. The molecular weight excluding hydrogens is 265 g/mol. The first-order valence-electron chi connectivity index (χ1n) is 5.20. The molecule has 0 aliphatic carbocycles. The lowest BCUT2D eigenvalue weighted by Gasteiger charge is -2.19. The highest BCUT2D eigenvalue weighted by Crippen LogP contribution is 2.13. The molecule has 0 heterocycles. The molecule has 3 nitrogen and oxygen atoms in total. The molecule has 96 valence electrons. The third-order valence-electron chi connectivity index (χ3n) is 2.40. The van der Waals surface area contributed by atoms with Gasteiger partial charge in [-0.1, -0.05) is 13.8 Å². The van der Waals surface area contributed by atoms with Crippen molar-refractivity contribution >= 4 is 21.6 Å². The van der Waals surface area contributed by atoms with Gasteiger partial charge in [0, 0.05) is 11.9 Å². The summed E-state index contributed by atoms with van der Waals surface area (Å²) < 4.78 is 39.0. The Morgan fingerprint density at radius 2 is 1.82 bits per heavy atom. The van der Waals surface area contributed by atoms with E-state index < -0.39 is 15.8 Å². The van der Waals surface area contributed by atoms with E-state index in [-0.39, 0.29) is 22.7 Å². The molecular formula is C11H15ClFNO2S. The first-order valence-corrected chi connectivity index (χ1v) is 7.22. The molecule has 0 saturated heterocycles. The minimum atomic E-state index is -3.63. The van der Waals surface area contributed by atoms with Crippen LogP contribution >= 0.6 is 11.6 Å². The normalized spacial score (nSPS) is 13.9. The van der Waals surface area contributed by atoms with Crippen LogP contribution in [0.1, 0.15) is 13.8 Å². The Balaban J connectivity index is 2.92. The zero-order chi connectivity index (χ0) is 13.1. The highest BCUT2D eigenvalue weighted by atomic mass is 35.5. The molecule has 1 N–H and O–H groups in total. The van der Waals surface area contributed by atoms with Crippen LogP contribution in [-0.2, 0) is 10.0 Å². The fourth-order valence-corrected chi connectivity index (χ4v) is 3.14. The molecule has 0 aromatic heterocycles. The maximum atomic E-state index is 12.7. The first-order chi connectivity index (χ1) is 7.86. The summed E-state index contributed by atoms with van der Waals surface area (Å²) in [7, 11) is -3.63. The minimum Gasteiger partial charge on any atom is -0.207 e. The van der Waals surface area contributed by atoms with Gasteiger partial charge in [-0.2, -0.15) is 0 Å². The second kappa shape index (κ2) is 5.80. The topological polar surface area (TPSA) is 46.2 Å². The fourth-order valence-electron chi connectivity index (χ4n) is 1.23. The quantitative estimate of drug-likeness (QED) is 0.841. The predicted octanol–water partition coefficient (Wildman–Crippen LogP) is 2.37. The second-order valence-electron chi connectivity index (χ2n) is 4.08. The molecule has 0 amide bonds. The zero-order valence-electron chi connectivity index (χ0n) is 9.65. The van der Waals surface area contributed by atoms with Gasteiger partial charge in [0.05, 0.1) is 4.90 Å². The first kappa shape index (κ1) is 14.4. The highest BCUT2D eigenvalue weighted by molar-refractivity contribution is 7.89. The largest absolute Gasteiger partial charge is 0.240 e. The molecule has 0 aliphatic rings. The summed E-state index contributed by atoms with van der Waals surface area (Å²) in [5.74, 6) is -0.192. The molecule has 0 aliphatic heterocycles. The van der Waals surface area contributed by atoms with Crippen molar-refractivity contribution in [3.63, 3.8) is 0 Å². The van der Waals surface area contributed by atoms with Gasteiger partial charge in [-0.05, 0) is 30.2 Å². The summed E-state index contributed by atoms with van der Waals surface area (Å²) in [6.07, 6.45) is 0. The lowest BCUT2D eigenvalue weighted by molar-refractivity contribution is 0.480. The monoisotopic (exact) mass is 279 g/mol. The van der Waals surface area contributed by atoms with Crippen LogP contribution in [0.2, 0.25) is 0 Å². The van der Waals surface area contributed by atoms with E-state index in [4.69, 9.17) is 11.6 Å². The molecule has 1 aromatic carbocycles. The Labute approximate surface area is 106 Å². The molecule has 0 fully saturated rings. The van der Waals surface area contributed by atoms with Crippen LogP contribution in [0.25, 0.3) is 0 Å². The van der Waals surface area contributed by atoms with E-state index in [0.717, 1.165) is 12.1 Å². The third kappa shape index (κ3) is 3.94. The molecule has 1 atom stereocenters. The van der Waals surface area contributed by atoms with Crippen molar-refractivity contribution in [1.29, 1.82) is 0 Å². The number of alkyl halides is 1. The molecule has 17 heavy (non-hydrogen) atoms. The standard InChI is InChI=1S/C11H15ClFNO2S/c1-8(2)11(7-12)14-17(15,16)10-5-3-9(13)4-6-10/h3-6,8,11,14H,7H2,1-2H3. The third-order valence-corrected chi connectivity index (χ3v) is 4.24. The molecule has 1 rings (SSSR count). The Morgan fingerprint density at radius 1 is 1.29 bits per heavy atom. The minimum absolute atomic E-state index is 0.0367. The lowest BCUT2D eigenvalue weighted by Crippen LogP contribution is -2.39. The van der Waals surface area contributed by atoms with Crippen LogP contribution in [-0.4, -0.2) is 20.3 Å². The van der Waals surface area contributed by atoms with Crippen LogP contribution in [0.4, 0.5) is 4.39 Å². The smallest absolute Gasteiger partial charge is 0.207 e. The Morgan fingerprint density at radius 3 is 2.24 bits per heavy atom. The van der Waals surface area contributed by atoms with Gasteiger partial charge < -0.3 is 0 Å². The van der Waals surface area contributed by atoms with Crippen LogP contribution in [0.15, 0.2) is 29.2 Å². The average molecular weight is 280 g/mol. The van der Waals surface area contributed by atoms with E-state index in [2.05, 4.69) is 4.72 Å². The fraction of sp³-hybridized carbons (Fsp3) is 0.455. The summed E-state index contributed by atoms with van der Waals surface area (Å²) in [6, 6.07) is 4.33. The number of benzene rings is 1. The number of rotatable bonds is 5. The van der Waals surface area contributed by atoms with E-state index >= 15 is 0 Å². The number of sulfonamides is 1. The van der Waals surface area contributed by atoms with Crippen molar-refractivity contribution in [1.82, 2.24) is 4.72 Å². The van der Waals surface area contributed by atoms with Crippen molar-refractivity contribution < 1.29 is 12.8 Å². The van der Waals surface area contributed by atoms with E-state index in [1.165, 1.54) is 12.1 Å². The summed E-state index contributed by atoms with van der Waals surface area (Å²) in [5, 5.41) is 0. The molecule has 0 saturated carbocycles. The predicted molar refractivity (Wildman–Crippen MR) is 66.1 cm³/mol. The second-order valence-corrected chi connectivity index (χ2v) is 6.10. The van der Waals surface area contributed by atoms with Crippen molar-refractivity contribution in [2.75, 3.05) is 5.88 Å². The number of halogens is 2. The summed E-state index contributed by atoms with van der Waals surface area (Å²) in [6.45, 7) is 3.75. The zero-order valence-corrected chi connectivity index (χ0v) is 11.2. The molecule has 0 spiro atoms. The van der Waals surface area contributed by atoms with Gasteiger partial charge in [0.15, 0.2) is 0 Å². The summed E-state index contributed by atoms with van der Waals surface area (Å²) in [5.41, 5.74) is 0. The summed E-state index contributed by atoms with van der Waals surface area (Å²) in [4.78, 5) is 0.0367. The number of nitrogens with one attached hydrogen (secondary N) is 1. The average Bonchev–Trinajstić information content (AvgIpc) is 2.26. The van der Waals surface area contributed by atoms with E-state index in [1.54, 1.807) is 0 Å². The van der Waals surface area contributed by atoms with Gasteiger partial charge in [-0.25, -0.2) is 17.5 Å². The SMILES string of the molecule is CC(C)C(CCl)NS(=O)(=O)c1ccc(F)cc1. The Bertz CT molecular complexity index is 459. The van der Waals surface area contributed by atoms with Crippen molar-refractivity contribution in [3.8, 4) is 0 Å². The number of hydrogen-bond acceptors (Lipinski definition) is 2. The maximum Gasteiger partial charge on any atom is 0.240 e. The molecule has 6 heteroatoms. The van der Waals surface area contributed by atoms with Crippen molar-refractivity contribution in [2.24, 2.45) is 5.92 Å². The van der Waals surface area contributed by atoms with E-state index in [9.17, 15) is 12.8 Å². The summed E-state index contributed by atoms with van der Waals surface area (Å²) >= 11 is 5.69. The van der Waals surface area contributed by atoms with Crippen molar-refractivity contribution in [3.05, 3.63) is 30.1 Å². The van der Waals surface area contributed by atoms with E-state index in [1.807, 2.05) is 13.8 Å². The van der Waals surface area contributed by atoms with Gasteiger partial charge in [-0.15, -0.1) is 11.6 Å². The van der Waals surface area contributed by atoms with Crippen LogP contribution in [0.3, 0.4) is 0 Å². The Hall–Kier alpha value is -0.650. The number of hydrogen-bond donors (Lipinski definition) is 1. The van der Waals surface area contributed by atoms with Gasteiger partial charge in [-0.3, -0.25) is 0 Å². The highest BCUT2D eigenvalue weighted by Gasteiger charge is 2.21.